The molecule has 0 fully saturated rings. The van der Waals surface area contributed by atoms with E-state index in [9.17, 15) is 0 Å². The van der Waals surface area contributed by atoms with E-state index >= 15 is 0 Å². The van der Waals surface area contributed by atoms with Gasteiger partial charge in [0.15, 0.2) is 0 Å². The summed E-state index contributed by atoms with van der Waals surface area (Å²) in [6, 6.07) is 8.29. The Morgan fingerprint density at radius 1 is 1.33 bits per heavy atom. The molecule has 0 aliphatic heterocycles. The topological polar surface area (TPSA) is 0 Å². The third-order valence-electron chi connectivity index (χ3n) is 1.45. The zero-order valence-electron chi connectivity index (χ0n) is 7.03. The maximum absolute atomic E-state index is 5.12. The number of thioether (sulfide) groups is 2. The van der Waals surface area contributed by atoms with Crippen LogP contribution in [0, 0.1) is 6.92 Å². The van der Waals surface area contributed by atoms with Crippen molar-refractivity contribution in [2.75, 3.05) is 6.26 Å². The lowest BCUT2D eigenvalue weighted by Crippen LogP contribution is -1.82. The van der Waals surface area contributed by atoms with E-state index in [1.54, 1.807) is 23.5 Å². The van der Waals surface area contributed by atoms with Gasteiger partial charge in [0.1, 0.15) is 3.53 Å². The quantitative estimate of drug-likeness (QED) is 0.516. The van der Waals surface area contributed by atoms with Gasteiger partial charge >= 0.3 is 0 Å². The lowest BCUT2D eigenvalue weighted by molar-refractivity contribution is 1.31. The summed E-state index contributed by atoms with van der Waals surface area (Å²) in [4.78, 5) is 1.26. The first-order valence-electron chi connectivity index (χ1n) is 3.55. The summed E-state index contributed by atoms with van der Waals surface area (Å²) in [5.41, 5.74) is 1.29. The molecule has 0 bridgehead atoms. The third-order valence-corrected chi connectivity index (χ3v) is 4.13. The maximum atomic E-state index is 5.12. The van der Waals surface area contributed by atoms with Gasteiger partial charge in [0.25, 0.3) is 0 Å². The van der Waals surface area contributed by atoms with Gasteiger partial charge in [0, 0.05) is 4.90 Å². The maximum Gasteiger partial charge on any atom is 0.108 e. The number of aryl methyl sites for hydroxylation is 1. The summed E-state index contributed by atoms with van der Waals surface area (Å²) in [6.45, 7) is 2.10. The van der Waals surface area contributed by atoms with Crippen molar-refractivity contribution >= 4 is 39.3 Å². The van der Waals surface area contributed by atoms with Crippen molar-refractivity contribution in [2.24, 2.45) is 0 Å². The van der Waals surface area contributed by atoms with Gasteiger partial charge in [-0.1, -0.05) is 42.2 Å². The Morgan fingerprint density at radius 2 is 2.00 bits per heavy atom. The molecule has 0 saturated heterocycles. The highest BCUT2D eigenvalue weighted by molar-refractivity contribution is 8.47. The molecule has 0 amide bonds. The first-order chi connectivity index (χ1) is 5.74. The molecule has 0 spiro atoms. The van der Waals surface area contributed by atoms with Gasteiger partial charge < -0.3 is 0 Å². The average Bonchev–Trinajstić information content (AvgIpc) is 2.09. The average molecular weight is 214 g/mol. The summed E-state index contributed by atoms with van der Waals surface area (Å²) in [7, 11) is 0. The molecule has 0 aliphatic rings. The van der Waals surface area contributed by atoms with Crippen molar-refractivity contribution < 1.29 is 0 Å². The molecule has 1 aromatic carbocycles. The van der Waals surface area contributed by atoms with Gasteiger partial charge in [0.2, 0.25) is 0 Å². The molecule has 0 atom stereocenters. The fourth-order valence-electron chi connectivity index (χ4n) is 0.802. The summed E-state index contributed by atoms with van der Waals surface area (Å²) >= 11 is 8.41. The molecule has 0 aliphatic carbocycles. The van der Waals surface area contributed by atoms with E-state index in [2.05, 4.69) is 19.1 Å². The Kier molecular flexibility index (Phi) is 4.12. The predicted octanol–water partition coefficient (Wildman–Crippen LogP) is 3.74. The number of hydrogen-bond donors (Lipinski definition) is 0. The molecule has 0 aromatic heterocycles. The van der Waals surface area contributed by atoms with Crippen LogP contribution < -0.4 is 0 Å². The van der Waals surface area contributed by atoms with Gasteiger partial charge in [-0.2, -0.15) is 0 Å². The largest absolute Gasteiger partial charge is 0.111 e. The zero-order chi connectivity index (χ0) is 8.97. The first-order valence-corrected chi connectivity index (χ1v) is 6.00. The van der Waals surface area contributed by atoms with Crippen LogP contribution in [-0.2, 0) is 0 Å². The Morgan fingerprint density at radius 3 is 2.58 bits per heavy atom. The minimum atomic E-state index is 0.976. The minimum absolute atomic E-state index is 0.976. The highest BCUT2D eigenvalue weighted by Gasteiger charge is 2.00. The molecule has 0 saturated carbocycles. The fraction of sp³-hybridized carbons (Fsp3) is 0.222. The van der Waals surface area contributed by atoms with Crippen molar-refractivity contribution in [3.63, 3.8) is 0 Å². The Bertz CT molecular complexity index is 281. The molecule has 0 radical (unpaired) electrons. The lowest BCUT2D eigenvalue weighted by atomic mass is 10.2. The number of rotatable bonds is 1. The molecule has 0 N–H and O–H groups in total. The van der Waals surface area contributed by atoms with Gasteiger partial charge in [-0.05, 0) is 24.8 Å². The van der Waals surface area contributed by atoms with Crippen LogP contribution in [0.5, 0.6) is 0 Å². The van der Waals surface area contributed by atoms with Crippen LogP contribution in [-0.4, -0.2) is 9.78 Å². The molecule has 64 valence electrons. The second kappa shape index (κ2) is 4.90. The molecule has 0 nitrogen and oxygen atoms in total. The van der Waals surface area contributed by atoms with Crippen molar-refractivity contribution in [1.82, 2.24) is 0 Å². The van der Waals surface area contributed by atoms with E-state index in [0.29, 0.717) is 0 Å². The monoisotopic (exact) mass is 214 g/mol. The van der Waals surface area contributed by atoms with Crippen LogP contribution in [0.2, 0.25) is 0 Å². The molecule has 1 aromatic rings. The van der Waals surface area contributed by atoms with Crippen molar-refractivity contribution in [2.45, 2.75) is 11.8 Å². The predicted molar refractivity (Wildman–Crippen MR) is 63.1 cm³/mol. The van der Waals surface area contributed by atoms with Crippen LogP contribution in [0.15, 0.2) is 29.2 Å². The van der Waals surface area contributed by atoms with Crippen molar-refractivity contribution in [3.05, 3.63) is 29.8 Å². The van der Waals surface area contributed by atoms with Crippen LogP contribution in [0.25, 0.3) is 0 Å². The molecular weight excluding hydrogens is 204 g/mol. The molecular formula is C9H10S3. The van der Waals surface area contributed by atoms with E-state index in [4.69, 9.17) is 12.2 Å². The Hall–Kier alpha value is 0.01000. The van der Waals surface area contributed by atoms with E-state index in [1.807, 2.05) is 18.4 Å². The Balaban J connectivity index is 2.75. The van der Waals surface area contributed by atoms with Crippen LogP contribution in [0.3, 0.4) is 0 Å². The zero-order valence-corrected chi connectivity index (χ0v) is 9.48. The van der Waals surface area contributed by atoms with Crippen LogP contribution >= 0.6 is 35.7 Å². The summed E-state index contributed by atoms with van der Waals surface area (Å²) in [6.07, 6.45) is 2.01. The first kappa shape index (κ1) is 10.1. The molecule has 12 heavy (non-hydrogen) atoms. The summed E-state index contributed by atoms with van der Waals surface area (Å²) in [5.74, 6) is 0. The normalized spacial score (nSPS) is 9.83. The van der Waals surface area contributed by atoms with Gasteiger partial charge in [-0.25, -0.2) is 0 Å². The number of thiocarbonyl (C=S) groups is 1. The third kappa shape index (κ3) is 2.81. The smallest absolute Gasteiger partial charge is 0.108 e. The van der Waals surface area contributed by atoms with Gasteiger partial charge in [-0.15, -0.1) is 11.8 Å². The number of hydrogen-bond acceptors (Lipinski definition) is 3. The molecule has 1 rings (SSSR count). The highest BCUT2D eigenvalue weighted by atomic mass is 32.2. The van der Waals surface area contributed by atoms with Gasteiger partial charge in [-0.3, -0.25) is 0 Å². The number of benzene rings is 1. The van der Waals surface area contributed by atoms with E-state index in [-0.39, 0.29) is 0 Å². The van der Waals surface area contributed by atoms with Crippen molar-refractivity contribution in [1.29, 1.82) is 0 Å². The van der Waals surface area contributed by atoms with Crippen molar-refractivity contribution in [3.8, 4) is 0 Å². The van der Waals surface area contributed by atoms with E-state index < -0.39 is 0 Å². The summed E-state index contributed by atoms with van der Waals surface area (Å²) in [5, 5.41) is 0. The van der Waals surface area contributed by atoms with E-state index in [1.165, 1.54) is 10.5 Å². The second-order valence-electron chi connectivity index (χ2n) is 2.32. The van der Waals surface area contributed by atoms with E-state index in [0.717, 1.165) is 3.53 Å². The summed E-state index contributed by atoms with van der Waals surface area (Å²) < 4.78 is 0.976. The Labute approximate surface area is 87.1 Å². The minimum Gasteiger partial charge on any atom is -0.111 e. The molecule has 0 heterocycles. The second-order valence-corrected chi connectivity index (χ2v) is 5.37. The fourth-order valence-corrected chi connectivity index (χ4v) is 2.23. The lowest BCUT2D eigenvalue weighted by Gasteiger charge is -2.03. The highest BCUT2D eigenvalue weighted by Crippen LogP contribution is 2.27. The SMILES string of the molecule is CSC(=S)Sc1ccccc1C. The molecule has 0 unspecified atom stereocenters. The molecule has 3 heteroatoms. The van der Waals surface area contributed by atoms with Gasteiger partial charge in [0.05, 0.1) is 0 Å². The standard InChI is InChI=1S/C9H10S3/c1-7-5-3-4-6-8(7)12-9(10)11-2/h3-6H,1-2H3. The van der Waals surface area contributed by atoms with Crippen LogP contribution in [0.4, 0.5) is 0 Å². The van der Waals surface area contributed by atoms with Crippen LogP contribution in [0.1, 0.15) is 5.56 Å².